The highest BCUT2D eigenvalue weighted by molar-refractivity contribution is 5.80. The predicted octanol–water partition coefficient (Wildman–Crippen LogP) is 3.03. The summed E-state index contributed by atoms with van der Waals surface area (Å²) in [5.74, 6) is -0.0545. The lowest BCUT2D eigenvalue weighted by Gasteiger charge is -2.10. The maximum Gasteiger partial charge on any atom is 0.127 e. The molecule has 0 aliphatic rings. The molecule has 0 radical (unpaired) electrons. The fraction of sp³-hybridized carbons (Fsp3) is 0.143. The van der Waals surface area contributed by atoms with E-state index in [0.29, 0.717) is 5.56 Å². The summed E-state index contributed by atoms with van der Waals surface area (Å²) >= 11 is 0. The van der Waals surface area contributed by atoms with E-state index in [1.165, 1.54) is 12.1 Å². The Morgan fingerprint density at radius 2 is 1.53 bits per heavy atom. The minimum absolute atomic E-state index is 0.0407. The van der Waals surface area contributed by atoms with E-state index in [2.05, 4.69) is 0 Å². The normalized spacial score (nSPS) is 10.4. The second-order valence-corrected chi connectivity index (χ2v) is 3.88. The van der Waals surface area contributed by atoms with Gasteiger partial charge in [-0.2, -0.15) is 0 Å². The van der Waals surface area contributed by atoms with Crippen LogP contribution in [0.1, 0.15) is 12.5 Å². The zero-order valence-electron chi connectivity index (χ0n) is 9.51. The topological polar surface area (TPSA) is 60.7 Å². The van der Waals surface area contributed by atoms with Crippen LogP contribution in [0.2, 0.25) is 0 Å². The number of rotatable bonds is 2. The molecule has 0 amide bonds. The van der Waals surface area contributed by atoms with Gasteiger partial charge >= 0.3 is 0 Å². The Morgan fingerprint density at radius 3 is 2.12 bits per heavy atom. The second-order valence-electron chi connectivity index (χ2n) is 3.88. The smallest absolute Gasteiger partial charge is 0.127 e. The van der Waals surface area contributed by atoms with E-state index in [1.807, 2.05) is 13.0 Å². The Balaban J connectivity index is 2.67. The highest BCUT2D eigenvalue weighted by Crippen LogP contribution is 2.41. The van der Waals surface area contributed by atoms with E-state index in [0.717, 1.165) is 12.0 Å². The minimum atomic E-state index is -0.0476. The summed E-state index contributed by atoms with van der Waals surface area (Å²) in [6, 6.07) is 9.66. The fourth-order valence-electron chi connectivity index (χ4n) is 1.81. The largest absolute Gasteiger partial charge is 0.507 e. The van der Waals surface area contributed by atoms with Crippen molar-refractivity contribution in [1.82, 2.24) is 0 Å². The van der Waals surface area contributed by atoms with Gasteiger partial charge in [-0.25, -0.2) is 0 Å². The summed E-state index contributed by atoms with van der Waals surface area (Å²) in [5, 5.41) is 29.3. The molecule has 17 heavy (non-hydrogen) atoms. The van der Waals surface area contributed by atoms with Crippen LogP contribution in [0.3, 0.4) is 0 Å². The van der Waals surface area contributed by atoms with Gasteiger partial charge in [0.1, 0.15) is 17.2 Å². The van der Waals surface area contributed by atoms with Crippen LogP contribution in [-0.4, -0.2) is 15.3 Å². The van der Waals surface area contributed by atoms with Crippen LogP contribution in [0.5, 0.6) is 17.2 Å². The first-order valence-corrected chi connectivity index (χ1v) is 5.46. The first-order valence-electron chi connectivity index (χ1n) is 5.46. The van der Waals surface area contributed by atoms with Gasteiger partial charge in [0.05, 0.1) is 5.56 Å². The lowest BCUT2D eigenvalue weighted by atomic mass is 9.99. The van der Waals surface area contributed by atoms with Crippen LogP contribution in [-0.2, 0) is 6.42 Å². The van der Waals surface area contributed by atoms with Gasteiger partial charge in [0.2, 0.25) is 0 Å². The van der Waals surface area contributed by atoms with Crippen LogP contribution < -0.4 is 0 Å². The molecule has 0 atom stereocenters. The van der Waals surface area contributed by atoms with Gasteiger partial charge in [-0.15, -0.1) is 0 Å². The number of aryl methyl sites for hydroxylation is 1. The van der Waals surface area contributed by atoms with E-state index in [4.69, 9.17) is 0 Å². The molecule has 0 saturated carbocycles. The van der Waals surface area contributed by atoms with Crippen molar-refractivity contribution < 1.29 is 15.3 Å². The maximum absolute atomic E-state index is 9.81. The average molecular weight is 230 g/mol. The van der Waals surface area contributed by atoms with Gasteiger partial charge < -0.3 is 15.3 Å². The van der Waals surface area contributed by atoms with Crippen molar-refractivity contribution in [3.8, 4) is 28.4 Å². The quantitative estimate of drug-likeness (QED) is 0.743. The van der Waals surface area contributed by atoms with Crippen molar-refractivity contribution in [2.45, 2.75) is 13.3 Å². The Hall–Kier alpha value is -2.16. The van der Waals surface area contributed by atoms with Crippen molar-refractivity contribution in [2.75, 3.05) is 0 Å². The number of hydrogen-bond acceptors (Lipinski definition) is 3. The molecule has 0 aromatic heterocycles. The Morgan fingerprint density at radius 1 is 0.882 bits per heavy atom. The third kappa shape index (κ3) is 2.04. The Bertz CT molecular complexity index is 527. The third-order valence-electron chi connectivity index (χ3n) is 2.76. The van der Waals surface area contributed by atoms with Crippen LogP contribution in [0.4, 0.5) is 0 Å². The summed E-state index contributed by atoms with van der Waals surface area (Å²) in [7, 11) is 0. The minimum Gasteiger partial charge on any atom is -0.507 e. The summed E-state index contributed by atoms with van der Waals surface area (Å²) in [4.78, 5) is 0. The van der Waals surface area contributed by atoms with E-state index in [1.54, 1.807) is 18.2 Å². The SMILES string of the molecule is CCc1ccc(O)c(-c2c(O)cccc2O)c1. The van der Waals surface area contributed by atoms with Gasteiger partial charge in [-0.3, -0.25) is 0 Å². The van der Waals surface area contributed by atoms with E-state index in [-0.39, 0.29) is 22.8 Å². The average Bonchev–Trinajstić information content (AvgIpc) is 2.31. The molecule has 3 nitrogen and oxygen atoms in total. The van der Waals surface area contributed by atoms with Crippen molar-refractivity contribution >= 4 is 0 Å². The van der Waals surface area contributed by atoms with E-state index < -0.39 is 0 Å². The molecule has 0 aliphatic carbocycles. The molecule has 2 aromatic carbocycles. The van der Waals surface area contributed by atoms with Crippen LogP contribution >= 0.6 is 0 Å². The molecule has 0 bridgehead atoms. The molecule has 0 unspecified atom stereocenters. The number of aromatic hydroxyl groups is 3. The third-order valence-corrected chi connectivity index (χ3v) is 2.76. The number of phenolic OH excluding ortho intramolecular Hbond substituents is 3. The molecule has 3 N–H and O–H groups in total. The standard InChI is InChI=1S/C14H14O3/c1-2-9-6-7-11(15)10(8-9)14-12(16)4-3-5-13(14)17/h3-8,15-17H,2H2,1H3. The maximum atomic E-state index is 9.81. The molecule has 0 fully saturated rings. The van der Waals surface area contributed by atoms with Gasteiger partial charge in [0.25, 0.3) is 0 Å². The van der Waals surface area contributed by atoms with Crippen molar-refractivity contribution in [3.63, 3.8) is 0 Å². The Labute approximate surface area is 99.6 Å². The highest BCUT2D eigenvalue weighted by atomic mass is 16.3. The highest BCUT2D eigenvalue weighted by Gasteiger charge is 2.13. The monoisotopic (exact) mass is 230 g/mol. The van der Waals surface area contributed by atoms with Gasteiger partial charge in [-0.1, -0.05) is 19.1 Å². The van der Waals surface area contributed by atoms with E-state index in [9.17, 15) is 15.3 Å². The summed E-state index contributed by atoms with van der Waals surface area (Å²) in [5.41, 5.74) is 1.74. The lowest BCUT2D eigenvalue weighted by molar-refractivity contribution is 0.450. The van der Waals surface area contributed by atoms with Gasteiger partial charge in [0.15, 0.2) is 0 Å². The second kappa shape index (κ2) is 4.37. The molecular weight excluding hydrogens is 216 g/mol. The van der Waals surface area contributed by atoms with Crippen molar-refractivity contribution in [1.29, 1.82) is 0 Å². The van der Waals surface area contributed by atoms with E-state index >= 15 is 0 Å². The van der Waals surface area contributed by atoms with Crippen LogP contribution in [0.25, 0.3) is 11.1 Å². The first kappa shape index (κ1) is 11.3. The molecule has 2 aromatic rings. The summed E-state index contributed by atoms with van der Waals surface area (Å²) in [6.07, 6.45) is 0.821. The molecule has 88 valence electrons. The fourth-order valence-corrected chi connectivity index (χ4v) is 1.81. The van der Waals surface area contributed by atoms with Crippen LogP contribution in [0, 0.1) is 0 Å². The summed E-state index contributed by atoms with van der Waals surface area (Å²) in [6.45, 7) is 2.00. The summed E-state index contributed by atoms with van der Waals surface area (Å²) < 4.78 is 0. The molecule has 0 spiro atoms. The Kier molecular flexibility index (Phi) is 2.91. The molecule has 0 saturated heterocycles. The zero-order chi connectivity index (χ0) is 12.4. The predicted molar refractivity (Wildman–Crippen MR) is 66.3 cm³/mol. The number of benzene rings is 2. The lowest BCUT2D eigenvalue weighted by Crippen LogP contribution is -1.85. The van der Waals surface area contributed by atoms with Crippen molar-refractivity contribution in [2.24, 2.45) is 0 Å². The number of hydrogen-bond donors (Lipinski definition) is 3. The zero-order valence-corrected chi connectivity index (χ0v) is 9.51. The molecule has 2 rings (SSSR count). The molecule has 3 heteroatoms. The number of phenols is 3. The van der Waals surface area contributed by atoms with Gasteiger partial charge in [0, 0.05) is 5.56 Å². The first-order chi connectivity index (χ1) is 8.13. The van der Waals surface area contributed by atoms with Crippen LogP contribution in [0.15, 0.2) is 36.4 Å². The van der Waals surface area contributed by atoms with Gasteiger partial charge in [-0.05, 0) is 36.2 Å². The van der Waals surface area contributed by atoms with Crippen molar-refractivity contribution in [3.05, 3.63) is 42.0 Å². The molecule has 0 aliphatic heterocycles. The molecule has 0 heterocycles. The molecular formula is C14H14O3.